The Kier molecular flexibility index (Phi) is 36.9. The maximum Gasteiger partial charge on any atom is 0.474 e. The molecule has 274 valence electrons. The van der Waals surface area contributed by atoms with Crippen molar-refractivity contribution in [1.82, 2.24) is 0 Å². The summed E-state index contributed by atoms with van der Waals surface area (Å²) >= 11 is 0. The molecule has 7 heteroatoms. The first-order chi connectivity index (χ1) is 22.6. The summed E-state index contributed by atoms with van der Waals surface area (Å²) in [5, 5.41) is 18.7. The maximum atomic E-state index is 13.1. The number of phosphoric ester groups is 1. The number of unbranched alkanes of at least 4 members (excludes halogenated alkanes) is 24. The second kappa shape index (κ2) is 37.3. The summed E-state index contributed by atoms with van der Waals surface area (Å²) in [6, 6.07) is 0. The van der Waals surface area contributed by atoms with Crippen LogP contribution in [0.1, 0.15) is 194 Å². The van der Waals surface area contributed by atoms with Gasteiger partial charge in [-0.1, -0.05) is 154 Å². The zero-order valence-corrected chi connectivity index (χ0v) is 31.4. The lowest BCUT2D eigenvalue weighted by atomic mass is 10.1. The van der Waals surface area contributed by atoms with Crippen LogP contribution >= 0.6 is 7.82 Å². The summed E-state index contributed by atoms with van der Waals surface area (Å²) in [7, 11) is -3.75. The second-order valence-corrected chi connectivity index (χ2v) is 14.8. The van der Waals surface area contributed by atoms with E-state index in [1.807, 2.05) is 0 Å². The first-order valence-electron chi connectivity index (χ1n) is 19.7. The molecule has 0 heterocycles. The number of rotatable bonds is 38. The average molecular weight is 673 g/mol. The summed E-state index contributed by atoms with van der Waals surface area (Å²) in [5.41, 5.74) is 0. The Morgan fingerprint density at radius 1 is 0.478 bits per heavy atom. The highest BCUT2D eigenvalue weighted by molar-refractivity contribution is 7.48. The molecule has 6 nitrogen and oxygen atoms in total. The zero-order chi connectivity index (χ0) is 33.7. The van der Waals surface area contributed by atoms with Crippen molar-refractivity contribution in [3.63, 3.8) is 0 Å². The van der Waals surface area contributed by atoms with Gasteiger partial charge in [-0.25, -0.2) is 4.57 Å². The van der Waals surface area contributed by atoms with E-state index in [1.54, 1.807) is 0 Å². The van der Waals surface area contributed by atoms with E-state index in [1.165, 1.54) is 141 Å². The normalized spacial score (nSPS) is 13.0. The van der Waals surface area contributed by atoms with Crippen LogP contribution in [0.4, 0.5) is 0 Å². The van der Waals surface area contributed by atoms with E-state index < -0.39 is 20.5 Å². The second-order valence-electron chi connectivity index (χ2n) is 13.1. The van der Waals surface area contributed by atoms with Gasteiger partial charge in [0.25, 0.3) is 0 Å². The quantitative estimate of drug-likeness (QED) is 0.0386. The minimum Gasteiger partial charge on any atom is -0.394 e. The van der Waals surface area contributed by atoms with Gasteiger partial charge in [-0.05, 0) is 64.2 Å². The molecule has 0 radical (unpaired) electrons. The van der Waals surface area contributed by atoms with Crippen molar-refractivity contribution in [2.75, 3.05) is 26.4 Å². The van der Waals surface area contributed by atoms with Crippen molar-refractivity contribution in [2.45, 2.75) is 200 Å². The molecule has 0 aliphatic rings. The van der Waals surface area contributed by atoms with E-state index in [0.29, 0.717) is 13.2 Å². The fourth-order valence-electron chi connectivity index (χ4n) is 5.39. The minimum absolute atomic E-state index is 0.269. The molecule has 0 aromatic rings. The van der Waals surface area contributed by atoms with Crippen LogP contribution < -0.4 is 0 Å². The largest absolute Gasteiger partial charge is 0.474 e. The van der Waals surface area contributed by atoms with E-state index in [9.17, 15) is 9.67 Å². The molecule has 0 aromatic carbocycles. The van der Waals surface area contributed by atoms with Crippen molar-refractivity contribution in [2.24, 2.45) is 0 Å². The molecule has 0 spiro atoms. The van der Waals surface area contributed by atoms with Crippen LogP contribution in [0, 0.1) is 0 Å². The molecule has 0 saturated carbocycles. The third kappa shape index (κ3) is 34.8. The number of aliphatic hydroxyl groups excluding tert-OH is 2. The Morgan fingerprint density at radius 3 is 1.11 bits per heavy atom. The van der Waals surface area contributed by atoms with Crippen molar-refractivity contribution in [3.8, 4) is 0 Å². The van der Waals surface area contributed by atoms with Crippen LogP contribution in [0.2, 0.25) is 0 Å². The number of phosphoric acid groups is 1. The van der Waals surface area contributed by atoms with E-state index in [0.717, 1.165) is 38.5 Å². The van der Waals surface area contributed by atoms with Gasteiger partial charge in [-0.3, -0.25) is 13.6 Å². The smallest absolute Gasteiger partial charge is 0.394 e. The highest BCUT2D eigenvalue weighted by Crippen LogP contribution is 2.49. The summed E-state index contributed by atoms with van der Waals surface area (Å²) in [6.45, 7) is 4.42. The third-order valence-corrected chi connectivity index (χ3v) is 9.91. The van der Waals surface area contributed by atoms with Gasteiger partial charge in [-0.15, -0.1) is 0 Å². The summed E-state index contributed by atoms with van der Waals surface area (Å²) in [4.78, 5) is 0. The van der Waals surface area contributed by atoms with Gasteiger partial charge in [0.1, 0.15) is 6.10 Å². The number of hydrogen-bond donors (Lipinski definition) is 2. The van der Waals surface area contributed by atoms with Crippen LogP contribution in [0.25, 0.3) is 0 Å². The summed E-state index contributed by atoms with van der Waals surface area (Å²) in [6.07, 6.45) is 42.7. The summed E-state index contributed by atoms with van der Waals surface area (Å²) < 4.78 is 29.6. The molecular weight excluding hydrogens is 595 g/mol. The van der Waals surface area contributed by atoms with Crippen LogP contribution in [0.15, 0.2) is 24.3 Å². The Morgan fingerprint density at radius 2 is 0.783 bits per heavy atom. The minimum atomic E-state index is -3.75. The standard InChI is InChI=1S/C39H77O6P/c1-3-5-7-9-11-13-15-17-19-21-23-25-27-29-31-33-35-43-46(42,45-38-39(41)37-40)44-36-34-32-30-28-26-24-22-20-18-16-14-12-10-8-6-4-2/h17-20,39-41H,3-16,21-38H2,1-2H3/b19-17-,20-18-. The Balaban J connectivity index is 3.84. The monoisotopic (exact) mass is 673 g/mol. The van der Waals surface area contributed by atoms with Gasteiger partial charge in [0.05, 0.1) is 26.4 Å². The van der Waals surface area contributed by atoms with E-state index in [4.69, 9.17) is 18.7 Å². The van der Waals surface area contributed by atoms with Crippen LogP contribution in [0.5, 0.6) is 0 Å². The molecular formula is C39H77O6P. The van der Waals surface area contributed by atoms with E-state index in [-0.39, 0.29) is 6.61 Å². The predicted octanol–water partition coefficient (Wildman–Crippen LogP) is 12.6. The lowest BCUT2D eigenvalue weighted by Crippen LogP contribution is -2.19. The third-order valence-electron chi connectivity index (χ3n) is 8.45. The fourth-order valence-corrected chi connectivity index (χ4v) is 6.68. The van der Waals surface area contributed by atoms with Crippen LogP contribution in [0.3, 0.4) is 0 Å². The topological polar surface area (TPSA) is 85.2 Å². The molecule has 1 atom stereocenters. The molecule has 0 aromatic heterocycles. The molecule has 46 heavy (non-hydrogen) atoms. The SMILES string of the molecule is CCCCCCCC/C=C\CCCCCCCCOP(=O)(OCCCCCCCC/C=C\CCCCCCCC)OCC(O)CO. The molecule has 0 aliphatic carbocycles. The number of hydrogen-bond acceptors (Lipinski definition) is 6. The van der Waals surface area contributed by atoms with Crippen molar-refractivity contribution in [1.29, 1.82) is 0 Å². The Hall–Kier alpha value is -0.490. The molecule has 0 aliphatic heterocycles. The molecule has 0 amide bonds. The Labute approximate surface area is 286 Å². The fraction of sp³-hybridized carbons (Fsp3) is 0.897. The average Bonchev–Trinajstić information content (AvgIpc) is 3.06. The first kappa shape index (κ1) is 45.5. The van der Waals surface area contributed by atoms with Crippen molar-refractivity contribution >= 4 is 7.82 Å². The van der Waals surface area contributed by atoms with Gasteiger partial charge in [0, 0.05) is 0 Å². The summed E-state index contributed by atoms with van der Waals surface area (Å²) in [5.74, 6) is 0. The van der Waals surface area contributed by atoms with E-state index >= 15 is 0 Å². The number of allylic oxidation sites excluding steroid dienone is 4. The predicted molar refractivity (Wildman–Crippen MR) is 197 cm³/mol. The zero-order valence-electron chi connectivity index (χ0n) is 30.5. The first-order valence-corrected chi connectivity index (χ1v) is 21.2. The number of aliphatic hydroxyl groups is 2. The van der Waals surface area contributed by atoms with Crippen LogP contribution in [-0.2, 0) is 18.1 Å². The molecule has 1 unspecified atom stereocenters. The lowest BCUT2D eigenvalue weighted by Gasteiger charge is -2.19. The highest BCUT2D eigenvalue weighted by Gasteiger charge is 2.27. The van der Waals surface area contributed by atoms with Gasteiger partial charge in [0.15, 0.2) is 0 Å². The molecule has 0 saturated heterocycles. The van der Waals surface area contributed by atoms with Gasteiger partial charge in [-0.2, -0.15) is 0 Å². The van der Waals surface area contributed by atoms with Crippen LogP contribution in [-0.4, -0.2) is 42.7 Å². The Bertz CT molecular complexity index is 650. The van der Waals surface area contributed by atoms with Gasteiger partial charge in [0.2, 0.25) is 0 Å². The molecule has 0 bridgehead atoms. The van der Waals surface area contributed by atoms with Crippen molar-refractivity contribution in [3.05, 3.63) is 24.3 Å². The lowest BCUT2D eigenvalue weighted by molar-refractivity contribution is 0.0286. The van der Waals surface area contributed by atoms with E-state index in [2.05, 4.69) is 38.2 Å². The van der Waals surface area contributed by atoms with Gasteiger partial charge >= 0.3 is 7.82 Å². The highest BCUT2D eigenvalue weighted by atomic mass is 31.2. The molecule has 0 fully saturated rings. The molecule has 0 rings (SSSR count). The van der Waals surface area contributed by atoms with Crippen molar-refractivity contribution < 1.29 is 28.3 Å². The van der Waals surface area contributed by atoms with Gasteiger partial charge < -0.3 is 10.2 Å². The maximum absolute atomic E-state index is 13.1. The molecule has 2 N–H and O–H groups in total.